The minimum absolute atomic E-state index is 0.258. The van der Waals surface area contributed by atoms with Crippen LogP contribution in [0.15, 0.2) is 0 Å². The summed E-state index contributed by atoms with van der Waals surface area (Å²) in [6.45, 7) is 10.4. The number of carbonyl (C=O) groups excluding carboxylic acids is 1. The van der Waals surface area contributed by atoms with Crippen LogP contribution in [0.25, 0.3) is 0 Å². The Hall–Kier alpha value is -0.650. The fraction of sp³-hybridized carbons (Fsp3) is 0.923. The second-order valence-corrected chi connectivity index (χ2v) is 4.79. The molecule has 0 fully saturated rings. The van der Waals surface area contributed by atoms with Gasteiger partial charge in [0.15, 0.2) is 0 Å². The molecule has 0 bridgehead atoms. The quantitative estimate of drug-likeness (QED) is 0.532. The predicted molar refractivity (Wildman–Crippen MR) is 72.7 cm³/mol. The number of carbonyl (C=O) groups is 1. The average Bonchev–Trinajstić information content (AvgIpc) is 2.27. The van der Waals surface area contributed by atoms with Crippen molar-refractivity contribution in [2.24, 2.45) is 0 Å². The Morgan fingerprint density at radius 2 is 1.94 bits per heavy atom. The fourth-order valence-corrected chi connectivity index (χ4v) is 0.942. The molecule has 5 heteroatoms. The summed E-state index contributed by atoms with van der Waals surface area (Å²) in [6.07, 6.45) is 1.27. The van der Waals surface area contributed by atoms with E-state index in [2.05, 4.69) is 17.0 Å². The molecule has 1 unspecified atom stereocenters. The Morgan fingerprint density at radius 1 is 1.33 bits per heavy atom. The van der Waals surface area contributed by atoms with Crippen LogP contribution in [0, 0.1) is 0 Å². The molecule has 0 saturated heterocycles. The highest BCUT2D eigenvalue weighted by atomic mass is 16.5. The first-order valence-electron chi connectivity index (χ1n) is 6.27. The fourth-order valence-electron chi connectivity index (χ4n) is 0.942. The van der Waals surface area contributed by atoms with E-state index in [0.29, 0.717) is 13.1 Å². The van der Waals surface area contributed by atoms with Gasteiger partial charge in [0, 0.05) is 13.7 Å². The molecular formula is C13H29NO4. The van der Waals surface area contributed by atoms with Crippen LogP contribution < -0.4 is 5.32 Å². The molecule has 0 rings (SSSR count). The Balaban J connectivity index is 0. The molecule has 18 heavy (non-hydrogen) atoms. The number of nitrogens with one attached hydrogen (secondary N) is 1. The Labute approximate surface area is 111 Å². The highest BCUT2D eigenvalue weighted by Gasteiger charge is 2.07. The van der Waals surface area contributed by atoms with Crippen LogP contribution in [0.5, 0.6) is 0 Å². The van der Waals surface area contributed by atoms with Gasteiger partial charge in [0.2, 0.25) is 0 Å². The minimum atomic E-state index is -0.318. The largest absolute Gasteiger partial charge is 0.462 e. The van der Waals surface area contributed by atoms with Gasteiger partial charge in [-0.15, -0.1) is 0 Å². The number of methoxy groups -OCH3 is 1. The molecule has 0 saturated carbocycles. The van der Waals surface area contributed by atoms with Crippen LogP contribution in [0.2, 0.25) is 0 Å². The monoisotopic (exact) mass is 263 g/mol. The number of likely N-dealkylation sites (N-methyl/N-ethyl adjacent to an activating group) is 1. The Morgan fingerprint density at radius 3 is 2.22 bits per heavy atom. The van der Waals surface area contributed by atoms with E-state index in [1.165, 1.54) is 0 Å². The minimum Gasteiger partial charge on any atom is -0.462 e. The van der Waals surface area contributed by atoms with Crippen LogP contribution >= 0.6 is 0 Å². The number of ether oxygens (including phenoxy) is 3. The molecule has 0 aliphatic rings. The van der Waals surface area contributed by atoms with Gasteiger partial charge in [-0.05, 0) is 34.2 Å². The van der Waals surface area contributed by atoms with E-state index in [1.807, 2.05) is 27.8 Å². The van der Waals surface area contributed by atoms with Crippen molar-refractivity contribution in [1.82, 2.24) is 5.32 Å². The average molecular weight is 263 g/mol. The van der Waals surface area contributed by atoms with Crippen LogP contribution in [-0.2, 0) is 19.0 Å². The predicted octanol–water partition coefficient (Wildman–Crippen LogP) is 1.61. The van der Waals surface area contributed by atoms with Crippen molar-refractivity contribution in [2.75, 3.05) is 33.9 Å². The van der Waals surface area contributed by atoms with Crippen LogP contribution in [0.1, 0.15) is 34.1 Å². The molecule has 1 atom stereocenters. The first-order valence-corrected chi connectivity index (χ1v) is 6.27. The van der Waals surface area contributed by atoms with E-state index in [-0.39, 0.29) is 11.7 Å². The van der Waals surface area contributed by atoms with Gasteiger partial charge in [0.05, 0.1) is 19.3 Å². The summed E-state index contributed by atoms with van der Waals surface area (Å²) in [5.41, 5.74) is -0.318. The first kappa shape index (κ1) is 19.7. The zero-order valence-corrected chi connectivity index (χ0v) is 12.6. The lowest BCUT2D eigenvalue weighted by molar-refractivity contribution is -0.138. The van der Waals surface area contributed by atoms with Crippen molar-refractivity contribution in [3.05, 3.63) is 0 Å². The molecule has 0 aliphatic heterocycles. The van der Waals surface area contributed by atoms with E-state index in [0.717, 1.165) is 19.6 Å². The third kappa shape index (κ3) is 17.7. The van der Waals surface area contributed by atoms with E-state index < -0.39 is 0 Å². The van der Waals surface area contributed by atoms with Crippen LogP contribution in [0.3, 0.4) is 0 Å². The lowest BCUT2D eigenvalue weighted by atomic mass is 10.2. The number of hydrogen-bond acceptors (Lipinski definition) is 5. The maximum absolute atomic E-state index is 9.60. The zero-order chi connectivity index (χ0) is 14.4. The summed E-state index contributed by atoms with van der Waals surface area (Å²) >= 11 is 0. The van der Waals surface area contributed by atoms with Crippen molar-refractivity contribution < 1.29 is 19.0 Å². The summed E-state index contributed by atoms with van der Waals surface area (Å²) in [7, 11) is 3.62. The standard InChI is InChI=1S/C8H19NO2.C5H10O2/c1-4-8(7-10-3)11-6-5-9-2;1-5(2,3)7-4-6/h8-9H,4-7H2,1-3H3;4H,1-3H3. The highest BCUT2D eigenvalue weighted by Crippen LogP contribution is 2.02. The Kier molecular flexibility index (Phi) is 14.0. The van der Waals surface area contributed by atoms with Crippen LogP contribution in [0.4, 0.5) is 0 Å². The Bertz CT molecular complexity index is 180. The van der Waals surface area contributed by atoms with Gasteiger partial charge in [-0.1, -0.05) is 6.92 Å². The molecule has 0 amide bonds. The molecule has 0 aromatic rings. The van der Waals surface area contributed by atoms with Crippen molar-refractivity contribution in [1.29, 1.82) is 0 Å². The van der Waals surface area contributed by atoms with Gasteiger partial charge in [0.25, 0.3) is 6.47 Å². The second kappa shape index (κ2) is 12.8. The third-order valence-corrected chi connectivity index (χ3v) is 1.92. The molecule has 0 aromatic carbocycles. The van der Waals surface area contributed by atoms with Crippen molar-refractivity contribution in [3.63, 3.8) is 0 Å². The molecule has 1 N–H and O–H groups in total. The summed E-state index contributed by atoms with van der Waals surface area (Å²) in [5.74, 6) is 0. The van der Waals surface area contributed by atoms with Crippen LogP contribution in [-0.4, -0.2) is 52.1 Å². The topological polar surface area (TPSA) is 56.8 Å². The number of hydrogen-bond donors (Lipinski definition) is 1. The van der Waals surface area contributed by atoms with E-state index in [4.69, 9.17) is 9.47 Å². The number of rotatable bonds is 8. The zero-order valence-electron chi connectivity index (χ0n) is 12.6. The molecule has 5 nitrogen and oxygen atoms in total. The molecule has 110 valence electrons. The molecule has 0 aliphatic carbocycles. The summed E-state index contributed by atoms with van der Waals surface area (Å²) in [5, 5.41) is 3.02. The third-order valence-electron chi connectivity index (χ3n) is 1.92. The van der Waals surface area contributed by atoms with Gasteiger partial charge in [0.1, 0.15) is 5.60 Å². The summed E-state index contributed by atoms with van der Waals surface area (Å²) in [6, 6.07) is 0. The molecular weight excluding hydrogens is 234 g/mol. The molecule has 0 aromatic heterocycles. The molecule has 0 spiro atoms. The molecule has 0 radical (unpaired) electrons. The lowest BCUT2D eigenvalue weighted by Gasteiger charge is -2.14. The lowest BCUT2D eigenvalue weighted by Crippen LogP contribution is -2.23. The summed E-state index contributed by atoms with van der Waals surface area (Å²) in [4.78, 5) is 9.60. The first-order chi connectivity index (χ1) is 8.41. The normalized spacial score (nSPS) is 12.3. The van der Waals surface area contributed by atoms with Gasteiger partial charge in [-0.2, -0.15) is 0 Å². The molecule has 0 heterocycles. The van der Waals surface area contributed by atoms with E-state index in [9.17, 15) is 4.79 Å². The SMILES string of the molecule is CC(C)(C)OC=O.CCC(COC)OCCNC. The van der Waals surface area contributed by atoms with Crippen molar-refractivity contribution >= 4 is 6.47 Å². The van der Waals surface area contributed by atoms with Gasteiger partial charge < -0.3 is 19.5 Å². The van der Waals surface area contributed by atoms with Gasteiger partial charge in [-0.25, -0.2) is 0 Å². The maximum Gasteiger partial charge on any atom is 0.293 e. The van der Waals surface area contributed by atoms with E-state index in [1.54, 1.807) is 7.11 Å². The summed E-state index contributed by atoms with van der Waals surface area (Å²) < 4.78 is 15.0. The smallest absolute Gasteiger partial charge is 0.293 e. The van der Waals surface area contributed by atoms with Gasteiger partial charge >= 0.3 is 0 Å². The maximum atomic E-state index is 9.60. The second-order valence-electron chi connectivity index (χ2n) is 4.79. The van der Waals surface area contributed by atoms with Gasteiger partial charge in [-0.3, -0.25) is 4.79 Å². The highest BCUT2D eigenvalue weighted by molar-refractivity contribution is 5.37. The van der Waals surface area contributed by atoms with Crippen molar-refractivity contribution in [3.8, 4) is 0 Å². The van der Waals surface area contributed by atoms with Crippen molar-refractivity contribution in [2.45, 2.75) is 45.8 Å². The van der Waals surface area contributed by atoms with E-state index >= 15 is 0 Å².